The molecule has 0 saturated carbocycles. The van der Waals surface area contributed by atoms with Crippen molar-refractivity contribution in [1.29, 1.82) is 0 Å². The highest BCUT2D eigenvalue weighted by Crippen LogP contribution is 2.23. The summed E-state index contributed by atoms with van der Waals surface area (Å²) < 4.78 is 0. The summed E-state index contributed by atoms with van der Waals surface area (Å²) in [4.78, 5) is 9.06. The van der Waals surface area contributed by atoms with Gasteiger partial charge in [-0.05, 0) is 31.5 Å². The van der Waals surface area contributed by atoms with Gasteiger partial charge in [-0.1, -0.05) is 6.92 Å². The van der Waals surface area contributed by atoms with Crippen LogP contribution < -0.4 is 16.4 Å². The van der Waals surface area contributed by atoms with Crippen LogP contribution in [0, 0.1) is 0 Å². The molecule has 0 unspecified atom stereocenters. The smallest absolute Gasteiger partial charge is 0.149 e. The fourth-order valence-electron chi connectivity index (χ4n) is 2.48. The molecule has 0 amide bonds. The molecular formula is C13H23N5. The number of nitrogen functional groups attached to an aromatic ring is 2. The van der Waals surface area contributed by atoms with E-state index in [0.717, 1.165) is 25.5 Å². The number of likely N-dealkylation sites (tertiary alicyclic amines) is 1. The van der Waals surface area contributed by atoms with Crippen LogP contribution in [0.2, 0.25) is 0 Å². The van der Waals surface area contributed by atoms with Gasteiger partial charge >= 0.3 is 0 Å². The van der Waals surface area contributed by atoms with Crippen molar-refractivity contribution in [1.82, 2.24) is 9.88 Å². The lowest BCUT2D eigenvalue weighted by atomic mass is 10.0. The van der Waals surface area contributed by atoms with Crippen LogP contribution in [-0.4, -0.2) is 42.6 Å². The van der Waals surface area contributed by atoms with E-state index in [2.05, 4.69) is 28.8 Å². The molecule has 0 aromatic carbocycles. The molecule has 0 atom stereocenters. The number of nitrogens with zero attached hydrogens (tertiary/aromatic N) is 3. The number of rotatable bonds is 3. The molecule has 0 bridgehead atoms. The summed E-state index contributed by atoms with van der Waals surface area (Å²) in [5.41, 5.74) is 12.0. The van der Waals surface area contributed by atoms with Crippen LogP contribution in [0.5, 0.6) is 0 Å². The summed E-state index contributed by atoms with van der Waals surface area (Å²) in [7, 11) is 2.09. The minimum atomic E-state index is 0.422. The van der Waals surface area contributed by atoms with Gasteiger partial charge in [0.2, 0.25) is 0 Å². The first-order valence-electron chi connectivity index (χ1n) is 6.59. The molecule has 1 aromatic rings. The van der Waals surface area contributed by atoms with Crippen molar-refractivity contribution in [3.05, 3.63) is 12.1 Å². The number of anilines is 3. The van der Waals surface area contributed by atoms with E-state index in [1.54, 1.807) is 0 Å². The molecule has 5 nitrogen and oxygen atoms in total. The van der Waals surface area contributed by atoms with Crippen molar-refractivity contribution in [2.75, 3.05) is 43.0 Å². The molecule has 1 aliphatic rings. The second-order valence-electron chi connectivity index (χ2n) is 4.92. The highest BCUT2D eigenvalue weighted by molar-refractivity contribution is 5.62. The predicted molar refractivity (Wildman–Crippen MR) is 76.6 cm³/mol. The third-order valence-electron chi connectivity index (χ3n) is 3.86. The molecule has 4 N–H and O–H groups in total. The molecule has 0 aliphatic carbocycles. The number of aromatic nitrogens is 1. The Morgan fingerprint density at radius 1 is 1.33 bits per heavy atom. The van der Waals surface area contributed by atoms with Crippen LogP contribution >= 0.6 is 0 Å². The second kappa shape index (κ2) is 5.44. The zero-order chi connectivity index (χ0) is 13.1. The van der Waals surface area contributed by atoms with E-state index in [9.17, 15) is 0 Å². The quantitative estimate of drug-likeness (QED) is 0.841. The molecule has 0 spiro atoms. The monoisotopic (exact) mass is 249 g/mol. The summed E-state index contributed by atoms with van der Waals surface area (Å²) in [5, 5.41) is 0. The first-order chi connectivity index (χ1) is 8.61. The van der Waals surface area contributed by atoms with Gasteiger partial charge in [-0.2, -0.15) is 0 Å². The first-order valence-corrected chi connectivity index (χ1v) is 6.59. The topological polar surface area (TPSA) is 71.4 Å². The Hall–Kier alpha value is -1.49. The lowest BCUT2D eigenvalue weighted by molar-refractivity contribution is 0.220. The summed E-state index contributed by atoms with van der Waals surface area (Å²) >= 11 is 0. The lowest BCUT2D eigenvalue weighted by Crippen LogP contribution is -2.43. The number of nitrogens with two attached hydrogens (primary N) is 2. The molecule has 1 saturated heterocycles. The van der Waals surface area contributed by atoms with E-state index in [1.165, 1.54) is 12.8 Å². The van der Waals surface area contributed by atoms with Crippen LogP contribution in [0.15, 0.2) is 12.1 Å². The van der Waals surface area contributed by atoms with Gasteiger partial charge in [0.05, 0.1) is 5.69 Å². The maximum atomic E-state index is 5.76. The van der Waals surface area contributed by atoms with Crippen molar-refractivity contribution < 1.29 is 0 Å². The average molecular weight is 249 g/mol. The van der Waals surface area contributed by atoms with Crippen molar-refractivity contribution in [2.24, 2.45) is 0 Å². The van der Waals surface area contributed by atoms with Gasteiger partial charge in [-0.3, -0.25) is 0 Å². The number of piperidine rings is 1. The van der Waals surface area contributed by atoms with E-state index in [1.807, 2.05) is 12.1 Å². The number of pyridine rings is 1. The van der Waals surface area contributed by atoms with Gasteiger partial charge in [0.1, 0.15) is 11.6 Å². The molecule has 18 heavy (non-hydrogen) atoms. The van der Waals surface area contributed by atoms with E-state index in [4.69, 9.17) is 11.5 Å². The molecule has 2 heterocycles. The van der Waals surface area contributed by atoms with Gasteiger partial charge in [-0.25, -0.2) is 4.98 Å². The molecule has 1 aliphatic heterocycles. The van der Waals surface area contributed by atoms with Gasteiger partial charge in [0.15, 0.2) is 0 Å². The SMILES string of the molecule is CCN1CCC(N(C)c2ccc(N)c(N)n2)CC1. The van der Waals surface area contributed by atoms with Crippen LogP contribution in [0.4, 0.5) is 17.3 Å². The minimum Gasteiger partial charge on any atom is -0.396 e. The van der Waals surface area contributed by atoms with Gasteiger partial charge in [0, 0.05) is 26.2 Å². The van der Waals surface area contributed by atoms with E-state index in [-0.39, 0.29) is 0 Å². The van der Waals surface area contributed by atoms with Crippen molar-refractivity contribution in [3.63, 3.8) is 0 Å². The van der Waals surface area contributed by atoms with Crippen LogP contribution in [0.3, 0.4) is 0 Å². The van der Waals surface area contributed by atoms with Gasteiger partial charge in [-0.15, -0.1) is 0 Å². The Bertz CT molecular complexity index is 398. The minimum absolute atomic E-state index is 0.422. The predicted octanol–water partition coefficient (Wildman–Crippen LogP) is 1.17. The molecule has 1 fully saturated rings. The lowest BCUT2D eigenvalue weighted by Gasteiger charge is -2.36. The normalized spacial score (nSPS) is 17.9. The average Bonchev–Trinajstić information content (AvgIpc) is 2.41. The van der Waals surface area contributed by atoms with E-state index < -0.39 is 0 Å². The van der Waals surface area contributed by atoms with Crippen LogP contribution in [0.1, 0.15) is 19.8 Å². The molecule has 1 aromatic heterocycles. The van der Waals surface area contributed by atoms with Crippen LogP contribution in [0.25, 0.3) is 0 Å². The highest BCUT2D eigenvalue weighted by atomic mass is 15.2. The number of hydrogen-bond acceptors (Lipinski definition) is 5. The summed E-state index contributed by atoms with van der Waals surface area (Å²) in [5.74, 6) is 1.34. The Kier molecular flexibility index (Phi) is 3.91. The maximum Gasteiger partial charge on any atom is 0.149 e. The molecular weight excluding hydrogens is 226 g/mol. The zero-order valence-corrected chi connectivity index (χ0v) is 11.3. The van der Waals surface area contributed by atoms with Crippen molar-refractivity contribution in [3.8, 4) is 0 Å². The summed E-state index contributed by atoms with van der Waals surface area (Å²) in [6, 6.07) is 4.32. The molecule has 0 radical (unpaired) electrons. The van der Waals surface area contributed by atoms with Crippen molar-refractivity contribution in [2.45, 2.75) is 25.8 Å². The standard InChI is InChI=1S/C13H23N5/c1-3-18-8-6-10(7-9-18)17(2)12-5-4-11(14)13(15)16-12/h4-5,10H,3,6-9,14H2,1-2H3,(H2,15,16). The van der Waals surface area contributed by atoms with Crippen LogP contribution in [-0.2, 0) is 0 Å². The van der Waals surface area contributed by atoms with Crippen molar-refractivity contribution >= 4 is 17.3 Å². The Morgan fingerprint density at radius 2 is 2.00 bits per heavy atom. The fourth-order valence-corrected chi connectivity index (χ4v) is 2.48. The molecule has 2 rings (SSSR count). The Labute approximate surface area is 109 Å². The van der Waals surface area contributed by atoms with E-state index >= 15 is 0 Å². The van der Waals surface area contributed by atoms with Gasteiger partial charge in [0.25, 0.3) is 0 Å². The first kappa shape index (κ1) is 13.0. The molecule has 5 heteroatoms. The highest BCUT2D eigenvalue weighted by Gasteiger charge is 2.22. The van der Waals surface area contributed by atoms with E-state index in [0.29, 0.717) is 17.5 Å². The second-order valence-corrected chi connectivity index (χ2v) is 4.92. The third-order valence-corrected chi connectivity index (χ3v) is 3.86. The Morgan fingerprint density at radius 3 is 2.56 bits per heavy atom. The number of hydrogen-bond donors (Lipinski definition) is 2. The third kappa shape index (κ3) is 2.67. The largest absolute Gasteiger partial charge is 0.396 e. The Balaban J connectivity index is 2.03. The fraction of sp³-hybridized carbons (Fsp3) is 0.615. The molecule has 100 valence electrons. The maximum absolute atomic E-state index is 5.76. The summed E-state index contributed by atoms with van der Waals surface area (Å²) in [6.07, 6.45) is 2.35. The summed E-state index contributed by atoms with van der Waals surface area (Å²) in [6.45, 7) is 5.68. The zero-order valence-electron chi connectivity index (χ0n) is 11.3. The van der Waals surface area contributed by atoms with Gasteiger partial charge < -0.3 is 21.3 Å².